The van der Waals surface area contributed by atoms with Crippen LogP contribution in [0.15, 0.2) is 53.4 Å². The largest absolute Gasteiger partial charge is 0.496 e. The standard InChI is InChI=1S/C25H27N5O4S/c1-15-12-23(16(2)11-22(15)33-6)35(31,32)29-20-7-9-21(10-8-20)34-25-14-24(26-19(5)27-25)30-18(4)13-17(3)28-30/h7-14,29H,1-6H3. The van der Waals surface area contributed by atoms with E-state index in [0.717, 1.165) is 17.0 Å². The quantitative estimate of drug-likeness (QED) is 0.394. The SMILES string of the molecule is COc1cc(C)c(S(=O)(=O)Nc2ccc(Oc3cc(-n4nc(C)cc4C)nc(C)n3)cc2)cc1C. The van der Waals surface area contributed by atoms with Gasteiger partial charge in [0.25, 0.3) is 10.0 Å². The van der Waals surface area contributed by atoms with Crippen molar-refractivity contribution in [2.75, 3.05) is 11.8 Å². The van der Waals surface area contributed by atoms with Crippen LogP contribution < -0.4 is 14.2 Å². The highest BCUT2D eigenvalue weighted by molar-refractivity contribution is 7.92. The van der Waals surface area contributed by atoms with Gasteiger partial charge in [-0.05, 0) is 88.2 Å². The molecule has 0 saturated heterocycles. The van der Waals surface area contributed by atoms with Gasteiger partial charge in [-0.15, -0.1) is 0 Å². The Morgan fingerprint density at radius 1 is 0.886 bits per heavy atom. The van der Waals surface area contributed by atoms with E-state index in [4.69, 9.17) is 9.47 Å². The second-order valence-corrected chi connectivity index (χ2v) is 9.92. The summed E-state index contributed by atoms with van der Waals surface area (Å²) in [5.74, 6) is 2.65. The summed E-state index contributed by atoms with van der Waals surface area (Å²) >= 11 is 0. The number of benzene rings is 2. The number of nitrogens with zero attached hydrogens (tertiary/aromatic N) is 4. The lowest BCUT2D eigenvalue weighted by Crippen LogP contribution is -2.14. The van der Waals surface area contributed by atoms with E-state index >= 15 is 0 Å². The first-order valence-electron chi connectivity index (χ1n) is 10.9. The van der Waals surface area contributed by atoms with Crippen LogP contribution >= 0.6 is 0 Å². The van der Waals surface area contributed by atoms with Crippen LogP contribution in [0.25, 0.3) is 5.82 Å². The third-order valence-electron chi connectivity index (χ3n) is 5.34. The predicted molar refractivity (Wildman–Crippen MR) is 133 cm³/mol. The molecule has 0 unspecified atom stereocenters. The zero-order valence-electron chi connectivity index (χ0n) is 20.4. The molecule has 2 aromatic carbocycles. The van der Waals surface area contributed by atoms with E-state index in [1.165, 1.54) is 0 Å². The fourth-order valence-corrected chi connectivity index (χ4v) is 5.11. The Morgan fingerprint density at radius 3 is 2.23 bits per heavy atom. The number of rotatable bonds is 7. The first kappa shape index (κ1) is 24.2. The maximum atomic E-state index is 13.0. The van der Waals surface area contributed by atoms with E-state index in [2.05, 4.69) is 19.8 Å². The molecular formula is C25H27N5O4S. The average Bonchev–Trinajstić information content (AvgIpc) is 3.13. The van der Waals surface area contributed by atoms with Crippen LogP contribution in [-0.2, 0) is 10.0 Å². The maximum absolute atomic E-state index is 13.0. The normalized spacial score (nSPS) is 11.4. The number of aromatic nitrogens is 4. The summed E-state index contributed by atoms with van der Waals surface area (Å²) < 4.78 is 41.5. The monoisotopic (exact) mass is 493 g/mol. The topological polar surface area (TPSA) is 108 Å². The lowest BCUT2D eigenvalue weighted by atomic mass is 10.1. The van der Waals surface area contributed by atoms with Gasteiger partial charge < -0.3 is 9.47 Å². The Bertz CT molecular complexity index is 1500. The van der Waals surface area contributed by atoms with Crippen molar-refractivity contribution in [3.8, 4) is 23.2 Å². The van der Waals surface area contributed by atoms with E-state index in [1.54, 1.807) is 75.0 Å². The molecule has 10 heteroatoms. The minimum absolute atomic E-state index is 0.198. The van der Waals surface area contributed by atoms with Gasteiger partial charge in [-0.3, -0.25) is 4.72 Å². The summed E-state index contributed by atoms with van der Waals surface area (Å²) in [7, 11) is -2.23. The van der Waals surface area contributed by atoms with Gasteiger partial charge in [-0.2, -0.15) is 10.1 Å². The highest BCUT2D eigenvalue weighted by Crippen LogP contribution is 2.28. The smallest absolute Gasteiger partial charge is 0.262 e. The lowest BCUT2D eigenvalue weighted by Gasteiger charge is -2.14. The number of nitrogens with one attached hydrogen (secondary N) is 1. The molecule has 0 saturated carbocycles. The van der Waals surface area contributed by atoms with E-state index in [-0.39, 0.29) is 4.90 Å². The zero-order chi connectivity index (χ0) is 25.3. The molecule has 0 radical (unpaired) electrons. The molecular weight excluding hydrogens is 466 g/mol. The fraction of sp³-hybridized carbons (Fsp3) is 0.240. The third-order valence-corrected chi connectivity index (χ3v) is 6.86. The molecule has 0 aliphatic heterocycles. The highest BCUT2D eigenvalue weighted by Gasteiger charge is 2.19. The Labute approximate surface area is 204 Å². The summed E-state index contributed by atoms with van der Waals surface area (Å²) in [6.45, 7) is 9.19. The summed E-state index contributed by atoms with van der Waals surface area (Å²) in [6, 6.07) is 13.6. The Morgan fingerprint density at radius 2 is 1.60 bits per heavy atom. The number of hydrogen-bond acceptors (Lipinski definition) is 7. The van der Waals surface area contributed by atoms with Crippen molar-refractivity contribution in [3.63, 3.8) is 0 Å². The molecule has 1 N–H and O–H groups in total. The minimum atomic E-state index is -3.78. The van der Waals surface area contributed by atoms with Gasteiger partial charge in [-0.1, -0.05) is 0 Å². The molecule has 4 rings (SSSR count). The first-order chi connectivity index (χ1) is 16.6. The van der Waals surface area contributed by atoms with E-state index in [1.807, 2.05) is 19.9 Å². The molecule has 0 bridgehead atoms. The van der Waals surface area contributed by atoms with Gasteiger partial charge in [0.05, 0.1) is 17.7 Å². The first-order valence-corrected chi connectivity index (χ1v) is 12.4. The molecule has 35 heavy (non-hydrogen) atoms. The Hall–Kier alpha value is -3.92. The average molecular weight is 494 g/mol. The molecule has 0 fully saturated rings. The number of ether oxygens (including phenoxy) is 2. The summed E-state index contributed by atoms with van der Waals surface area (Å²) in [5, 5.41) is 4.46. The Balaban J connectivity index is 1.53. The van der Waals surface area contributed by atoms with Crippen LogP contribution in [0.1, 0.15) is 28.3 Å². The van der Waals surface area contributed by atoms with Gasteiger partial charge in [0.15, 0.2) is 5.82 Å². The second-order valence-electron chi connectivity index (χ2n) is 8.27. The van der Waals surface area contributed by atoms with Crippen LogP contribution in [0.3, 0.4) is 0 Å². The number of aryl methyl sites for hydroxylation is 5. The van der Waals surface area contributed by atoms with E-state index < -0.39 is 10.0 Å². The van der Waals surface area contributed by atoms with Gasteiger partial charge in [0.2, 0.25) is 5.88 Å². The van der Waals surface area contributed by atoms with E-state index in [0.29, 0.717) is 40.3 Å². The predicted octanol–water partition coefficient (Wildman–Crippen LogP) is 4.81. The van der Waals surface area contributed by atoms with Crippen molar-refractivity contribution in [1.29, 1.82) is 0 Å². The van der Waals surface area contributed by atoms with Crippen LogP contribution in [0.5, 0.6) is 17.4 Å². The van der Waals surface area contributed by atoms with E-state index in [9.17, 15) is 8.42 Å². The minimum Gasteiger partial charge on any atom is -0.496 e. The molecule has 0 aliphatic carbocycles. The molecule has 9 nitrogen and oxygen atoms in total. The third kappa shape index (κ3) is 5.27. The van der Waals surface area contributed by atoms with Gasteiger partial charge >= 0.3 is 0 Å². The molecule has 2 heterocycles. The molecule has 182 valence electrons. The number of methoxy groups -OCH3 is 1. The van der Waals surface area contributed by atoms with Gasteiger partial charge in [0.1, 0.15) is 17.3 Å². The van der Waals surface area contributed by atoms with Crippen LogP contribution in [0.4, 0.5) is 5.69 Å². The Kier molecular flexibility index (Phi) is 6.49. The van der Waals surface area contributed by atoms with Gasteiger partial charge in [0, 0.05) is 17.4 Å². The van der Waals surface area contributed by atoms with Gasteiger partial charge in [-0.25, -0.2) is 18.1 Å². The molecule has 0 spiro atoms. The molecule has 4 aromatic rings. The van der Waals surface area contributed by atoms with Crippen molar-refractivity contribution in [1.82, 2.24) is 19.7 Å². The van der Waals surface area contributed by atoms with Crippen molar-refractivity contribution in [2.24, 2.45) is 0 Å². The summed E-state index contributed by atoms with van der Waals surface area (Å²) in [5.41, 5.74) is 3.58. The highest BCUT2D eigenvalue weighted by atomic mass is 32.2. The van der Waals surface area contributed by atoms with Crippen LogP contribution in [0.2, 0.25) is 0 Å². The summed E-state index contributed by atoms with van der Waals surface area (Å²) in [6.07, 6.45) is 0. The number of hydrogen-bond donors (Lipinski definition) is 1. The maximum Gasteiger partial charge on any atom is 0.262 e. The second kappa shape index (κ2) is 9.38. The summed E-state index contributed by atoms with van der Waals surface area (Å²) in [4.78, 5) is 9.00. The fourth-order valence-electron chi connectivity index (χ4n) is 3.74. The molecule has 0 aliphatic rings. The van der Waals surface area contributed by atoms with Crippen molar-refractivity contribution in [2.45, 2.75) is 39.5 Å². The molecule has 2 aromatic heterocycles. The molecule has 0 atom stereocenters. The number of anilines is 1. The van der Waals surface area contributed by atoms with Crippen molar-refractivity contribution >= 4 is 15.7 Å². The van der Waals surface area contributed by atoms with Crippen molar-refractivity contribution < 1.29 is 17.9 Å². The molecule has 0 amide bonds. The van der Waals surface area contributed by atoms with Crippen molar-refractivity contribution in [3.05, 3.63) is 76.9 Å². The van der Waals surface area contributed by atoms with Crippen LogP contribution in [0, 0.1) is 34.6 Å². The zero-order valence-corrected chi connectivity index (χ0v) is 21.3. The van der Waals surface area contributed by atoms with Crippen LogP contribution in [-0.4, -0.2) is 35.3 Å². The number of sulfonamides is 1. The lowest BCUT2D eigenvalue weighted by molar-refractivity contribution is 0.411.